The van der Waals surface area contributed by atoms with Gasteiger partial charge in [0.25, 0.3) is 5.91 Å². The summed E-state index contributed by atoms with van der Waals surface area (Å²) in [5, 5.41) is 31.7. The molecule has 2 aromatic carbocycles. The number of hydrogen-bond donors (Lipinski definition) is 4. The molecule has 2 aromatic rings. The normalized spacial score (nSPS) is 18.9. The summed E-state index contributed by atoms with van der Waals surface area (Å²) < 4.78 is 22.4. The molecule has 1 aliphatic rings. The number of amides is 1. The molecule has 0 radical (unpaired) electrons. The van der Waals surface area contributed by atoms with E-state index in [1.54, 1.807) is 12.1 Å². The third kappa shape index (κ3) is 4.83. The molecular formula is C22H26N2O7S. The number of carbonyl (C=O) groups is 1. The van der Waals surface area contributed by atoms with Crippen LogP contribution in [0.25, 0.3) is 11.1 Å². The number of nitrogens with zero attached hydrogens (tertiary/aromatic N) is 1. The van der Waals surface area contributed by atoms with Crippen molar-refractivity contribution in [3.05, 3.63) is 59.7 Å². The Kier molecular flexibility index (Phi) is 6.99. The van der Waals surface area contributed by atoms with Crippen molar-refractivity contribution in [2.75, 3.05) is 12.9 Å². The zero-order chi connectivity index (χ0) is 23.5. The second-order valence-corrected chi connectivity index (χ2v) is 10.5. The van der Waals surface area contributed by atoms with Crippen LogP contribution in [-0.4, -0.2) is 59.2 Å². The van der Waals surface area contributed by atoms with Gasteiger partial charge in [0.2, 0.25) is 0 Å². The number of rotatable bonds is 8. The lowest BCUT2D eigenvalue weighted by Gasteiger charge is -2.26. The van der Waals surface area contributed by atoms with E-state index >= 15 is 0 Å². The van der Waals surface area contributed by atoms with E-state index in [4.69, 9.17) is 15.2 Å². The molecule has 1 amide bonds. The topological polar surface area (TPSA) is 146 Å². The molecule has 0 fully saturated rings. The third-order valence-corrected chi connectivity index (χ3v) is 7.76. The van der Waals surface area contributed by atoms with Crippen molar-refractivity contribution in [1.29, 1.82) is 0 Å². The fourth-order valence-corrected chi connectivity index (χ4v) is 4.40. The van der Waals surface area contributed by atoms with Crippen LogP contribution < -0.4 is 5.48 Å². The van der Waals surface area contributed by atoms with Crippen LogP contribution in [0.1, 0.15) is 37.0 Å². The number of benzene rings is 2. The Labute approximate surface area is 186 Å². The van der Waals surface area contributed by atoms with E-state index in [1.165, 1.54) is 12.4 Å². The van der Waals surface area contributed by atoms with Gasteiger partial charge in [0.1, 0.15) is 12.2 Å². The number of sulfone groups is 1. The molecule has 1 unspecified atom stereocenters. The summed E-state index contributed by atoms with van der Waals surface area (Å²) in [6.45, 7) is 0.905. The molecule has 1 heterocycles. The van der Waals surface area contributed by atoms with Crippen molar-refractivity contribution in [1.82, 2.24) is 5.48 Å². The maximum absolute atomic E-state index is 12.1. The Balaban J connectivity index is 1.70. The zero-order valence-corrected chi connectivity index (χ0v) is 18.5. The first-order valence-electron chi connectivity index (χ1n) is 9.95. The maximum Gasteiger partial charge on any atom is 0.264 e. The molecule has 0 aromatic heterocycles. The van der Waals surface area contributed by atoms with Gasteiger partial charge in [-0.2, -0.15) is 0 Å². The van der Waals surface area contributed by atoms with Crippen molar-refractivity contribution in [3.63, 3.8) is 0 Å². The van der Waals surface area contributed by atoms with Crippen LogP contribution >= 0.6 is 0 Å². The molecule has 1 aliphatic heterocycles. The van der Waals surface area contributed by atoms with Gasteiger partial charge in [-0.15, -0.1) is 0 Å². The van der Waals surface area contributed by atoms with Gasteiger partial charge in [0.15, 0.2) is 14.6 Å². The third-order valence-electron chi connectivity index (χ3n) is 5.77. The molecular weight excluding hydrogens is 436 g/mol. The van der Waals surface area contributed by atoms with Crippen LogP contribution in [0.15, 0.2) is 53.7 Å². The lowest BCUT2D eigenvalue weighted by Crippen LogP contribution is -2.51. The smallest absolute Gasteiger partial charge is 0.264 e. The highest BCUT2D eigenvalue weighted by Gasteiger charge is 2.47. The molecule has 0 bridgehead atoms. The van der Waals surface area contributed by atoms with E-state index in [0.29, 0.717) is 17.7 Å². The second kappa shape index (κ2) is 9.37. The van der Waals surface area contributed by atoms with Gasteiger partial charge in [-0.25, -0.2) is 13.9 Å². The Morgan fingerprint density at radius 3 is 2.19 bits per heavy atom. The summed E-state index contributed by atoms with van der Waals surface area (Å²) >= 11 is 0. The molecule has 4 N–H and O–H groups in total. The highest BCUT2D eigenvalue weighted by atomic mass is 32.2. The molecule has 0 spiro atoms. The fraction of sp³-hybridized carbons (Fsp3) is 0.364. The lowest BCUT2D eigenvalue weighted by molar-refractivity contribution is -0.132. The summed E-state index contributed by atoms with van der Waals surface area (Å²) in [5.74, 6) is -1.01. The molecule has 3 rings (SSSR count). The number of nitrogens with one attached hydrogen (secondary N) is 1. The van der Waals surface area contributed by atoms with Crippen molar-refractivity contribution in [2.24, 2.45) is 5.16 Å². The zero-order valence-electron chi connectivity index (χ0n) is 17.7. The van der Waals surface area contributed by atoms with Crippen molar-refractivity contribution in [2.45, 2.75) is 36.7 Å². The van der Waals surface area contributed by atoms with Crippen molar-refractivity contribution < 1.29 is 33.5 Å². The van der Waals surface area contributed by atoms with E-state index in [-0.39, 0.29) is 13.0 Å². The SMILES string of the molecule is C[C@@](C[C@H]1CC(c2ccc(-c3ccc(C(O)CO)cc3)cc2)=NO1)(C(=O)NO)S(C)(=O)=O. The Morgan fingerprint density at radius 2 is 1.69 bits per heavy atom. The number of aliphatic hydroxyl groups excluding tert-OH is 2. The highest BCUT2D eigenvalue weighted by molar-refractivity contribution is 7.92. The predicted molar refractivity (Wildman–Crippen MR) is 118 cm³/mol. The van der Waals surface area contributed by atoms with Gasteiger partial charge >= 0.3 is 0 Å². The van der Waals surface area contributed by atoms with Gasteiger partial charge in [0, 0.05) is 19.1 Å². The Bertz CT molecular complexity index is 1100. The van der Waals surface area contributed by atoms with Crippen molar-refractivity contribution >= 4 is 21.5 Å². The second-order valence-electron chi connectivity index (χ2n) is 8.02. The van der Waals surface area contributed by atoms with Crippen LogP contribution in [0.5, 0.6) is 0 Å². The average molecular weight is 463 g/mol. The maximum atomic E-state index is 12.1. The molecule has 3 atom stereocenters. The Hall–Kier alpha value is -2.79. The Morgan fingerprint density at radius 1 is 1.16 bits per heavy atom. The minimum Gasteiger partial charge on any atom is -0.393 e. The lowest BCUT2D eigenvalue weighted by atomic mass is 9.95. The number of oxime groups is 1. The minimum absolute atomic E-state index is 0.157. The highest BCUT2D eigenvalue weighted by Crippen LogP contribution is 2.30. The van der Waals surface area contributed by atoms with Crippen molar-refractivity contribution in [3.8, 4) is 11.1 Å². The van der Waals surface area contributed by atoms with E-state index < -0.39 is 32.7 Å². The van der Waals surface area contributed by atoms with Crippen LogP contribution in [0, 0.1) is 0 Å². The first-order valence-corrected chi connectivity index (χ1v) is 11.8. The summed E-state index contributed by atoms with van der Waals surface area (Å²) in [6, 6.07) is 14.8. The van der Waals surface area contributed by atoms with Crippen LogP contribution in [0.2, 0.25) is 0 Å². The number of hydrogen-bond acceptors (Lipinski definition) is 8. The summed E-state index contributed by atoms with van der Waals surface area (Å²) in [6.07, 6.45) is -0.444. The molecule has 32 heavy (non-hydrogen) atoms. The van der Waals surface area contributed by atoms with Gasteiger partial charge in [-0.05, 0) is 29.2 Å². The largest absolute Gasteiger partial charge is 0.393 e. The van der Waals surface area contributed by atoms with Crippen LogP contribution in [-0.2, 0) is 19.5 Å². The van der Waals surface area contributed by atoms with E-state index in [0.717, 1.165) is 22.9 Å². The first-order chi connectivity index (χ1) is 15.1. The molecule has 9 nitrogen and oxygen atoms in total. The summed E-state index contributed by atoms with van der Waals surface area (Å²) in [5.41, 5.74) is 5.37. The van der Waals surface area contributed by atoms with Gasteiger partial charge in [0.05, 0.1) is 12.3 Å². The quantitative estimate of drug-likeness (QED) is 0.344. The molecule has 0 saturated heterocycles. The van der Waals surface area contributed by atoms with Crippen LogP contribution in [0.4, 0.5) is 0 Å². The van der Waals surface area contributed by atoms with E-state index in [1.807, 2.05) is 36.4 Å². The first kappa shape index (κ1) is 23.9. The molecule has 172 valence electrons. The summed E-state index contributed by atoms with van der Waals surface area (Å²) in [7, 11) is -3.82. The van der Waals surface area contributed by atoms with Gasteiger partial charge in [-0.1, -0.05) is 53.7 Å². The fourth-order valence-electron chi connectivity index (χ4n) is 3.53. The molecule has 10 heteroatoms. The average Bonchev–Trinajstić information content (AvgIpc) is 3.25. The number of aliphatic hydroxyl groups is 2. The predicted octanol–water partition coefficient (Wildman–Crippen LogP) is 1.57. The number of carbonyl (C=O) groups excluding carboxylic acids is 1. The summed E-state index contributed by atoms with van der Waals surface area (Å²) in [4.78, 5) is 17.4. The van der Waals surface area contributed by atoms with Gasteiger partial charge in [-0.3, -0.25) is 10.0 Å². The van der Waals surface area contributed by atoms with E-state index in [2.05, 4.69) is 5.16 Å². The molecule has 0 saturated carbocycles. The van der Waals surface area contributed by atoms with Crippen LogP contribution in [0.3, 0.4) is 0 Å². The van der Waals surface area contributed by atoms with Gasteiger partial charge < -0.3 is 15.1 Å². The van der Waals surface area contributed by atoms with E-state index in [9.17, 15) is 18.3 Å². The monoisotopic (exact) mass is 462 g/mol. The minimum atomic E-state index is -3.82. The standard InChI is InChI=1S/C22H26N2O7S/c1-22(21(27)23-28,32(2,29)30)12-18-11-19(24-31-18)16-7-3-14(4-8-16)15-5-9-17(10-6-15)20(26)13-25/h3-10,18,20,25-26,28H,11-13H2,1-2H3,(H,23,27)/t18-,20?,22-/m1/s1. The number of hydroxylamine groups is 1. The molecule has 0 aliphatic carbocycles.